The number of sulfone groups is 2. The van der Waals surface area contributed by atoms with Gasteiger partial charge in [0, 0.05) is 31.9 Å². The summed E-state index contributed by atoms with van der Waals surface area (Å²) in [6, 6.07) is 17.4. The molecule has 4 rings (SSSR count). The van der Waals surface area contributed by atoms with Crippen LogP contribution in [0.3, 0.4) is 0 Å². The number of amides is 1. The van der Waals surface area contributed by atoms with Gasteiger partial charge in [-0.3, -0.25) is 4.79 Å². The van der Waals surface area contributed by atoms with Crippen LogP contribution in [0.15, 0.2) is 59.5 Å². The highest BCUT2D eigenvalue weighted by atomic mass is 32.2. The second-order valence-electron chi connectivity index (χ2n) is 11.1. The molecular weight excluding hydrogens is 532 g/mol. The lowest BCUT2D eigenvalue weighted by molar-refractivity contribution is -0.133. The molecule has 39 heavy (non-hydrogen) atoms. The molecule has 9 heteroatoms. The topological polar surface area (TPSA) is 91.8 Å². The molecule has 1 amide bonds. The minimum atomic E-state index is -3.25. The van der Waals surface area contributed by atoms with Gasteiger partial charge in [-0.05, 0) is 80.7 Å². The van der Waals surface area contributed by atoms with Crippen LogP contribution in [-0.2, 0) is 30.9 Å². The summed E-state index contributed by atoms with van der Waals surface area (Å²) in [6.45, 7) is 5.54. The average Bonchev–Trinajstić information content (AvgIpc) is 2.91. The predicted octanol–water partition coefficient (Wildman–Crippen LogP) is 3.94. The zero-order valence-electron chi connectivity index (χ0n) is 23.2. The van der Waals surface area contributed by atoms with E-state index in [1.807, 2.05) is 17.9 Å². The van der Waals surface area contributed by atoms with E-state index in [1.54, 1.807) is 24.3 Å². The van der Waals surface area contributed by atoms with E-state index in [1.165, 1.54) is 11.8 Å². The number of rotatable bonds is 10. The lowest BCUT2D eigenvalue weighted by Crippen LogP contribution is -2.48. The highest BCUT2D eigenvalue weighted by Gasteiger charge is 2.32. The second kappa shape index (κ2) is 13.0. The third kappa shape index (κ3) is 8.14. The molecule has 2 aromatic rings. The van der Waals surface area contributed by atoms with Crippen molar-refractivity contribution in [3.63, 3.8) is 0 Å². The molecule has 0 aliphatic carbocycles. The average molecular weight is 575 g/mol. The number of likely N-dealkylation sites (tertiary alicyclic amines) is 1. The van der Waals surface area contributed by atoms with Crippen LogP contribution >= 0.6 is 0 Å². The van der Waals surface area contributed by atoms with Crippen molar-refractivity contribution in [2.24, 2.45) is 5.92 Å². The van der Waals surface area contributed by atoms with Gasteiger partial charge in [0.25, 0.3) is 0 Å². The van der Waals surface area contributed by atoms with Crippen molar-refractivity contribution >= 4 is 25.6 Å². The monoisotopic (exact) mass is 574 g/mol. The minimum absolute atomic E-state index is 0.0828. The Labute approximate surface area is 234 Å². The Kier molecular flexibility index (Phi) is 9.88. The van der Waals surface area contributed by atoms with Crippen LogP contribution in [0, 0.1) is 5.92 Å². The number of nitrogens with zero attached hydrogens (tertiary/aromatic N) is 2. The first-order valence-electron chi connectivity index (χ1n) is 14.1. The normalized spacial score (nSPS) is 19.9. The molecule has 2 fully saturated rings. The van der Waals surface area contributed by atoms with Crippen molar-refractivity contribution in [3.05, 3.63) is 65.7 Å². The maximum absolute atomic E-state index is 13.2. The molecule has 7 nitrogen and oxygen atoms in total. The quantitative estimate of drug-likeness (QED) is 0.427. The molecule has 0 aromatic heterocycles. The summed E-state index contributed by atoms with van der Waals surface area (Å²) in [5, 5.41) is 0. The fraction of sp³-hybridized carbons (Fsp3) is 0.567. The van der Waals surface area contributed by atoms with Crippen molar-refractivity contribution < 1.29 is 21.6 Å². The molecule has 0 saturated carbocycles. The van der Waals surface area contributed by atoms with E-state index in [4.69, 9.17) is 0 Å². The lowest BCUT2D eigenvalue weighted by Gasteiger charge is -2.39. The number of likely N-dealkylation sites (N-methyl/N-ethyl adjacent to an activating group) is 1. The van der Waals surface area contributed by atoms with Crippen molar-refractivity contribution in [1.29, 1.82) is 0 Å². The van der Waals surface area contributed by atoms with E-state index >= 15 is 0 Å². The predicted molar refractivity (Wildman–Crippen MR) is 155 cm³/mol. The third-order valence-electron chi connectivity index (χ3n) is 8.52. The first kappa shape index (κ1) is 29.7. The van der Waals surface area contributed by atoms with E-state index < -0.39 is 19.7 Å². The Hall–Kier alpha value is -2.23. The smallest absolute Gasteiger partial charge is 0.227 e. The number of piperidine rings is 1. The SMILES string of the molecule is CCN(C(=O)Cc1ccc(S(C)(=O)=O)cc1)C1CCN(CC[C@@H](c2ccccc2)C2CCS(=O)(=O)CC2)CC1. The first-order chi connectivity index (χ1) is 18.6. The maximum Gasteiger partial charge on any atom is 0.227 e. The zero-order valence-corrected chi connectivity index (χ0v) is 24.8. The molecule has 2 saturated heterocycles. The summed E-state index contributed by atoms with van der Waals surface area (Å²) >= 11 is 0. The molecule has 0 spiro atoms. The summed E-state index contributed by atoms with van der Waals surface area (Å²) in [6.07, 6.45) is 5.83. The number of carbonyl (C=O) groups excluding carboxylic acids is 1. The summed E-state index contributed by atoms with van der Waals surface area (Å²) in [5.41, 5.74) is 2.13. The Morgan fingerprint density at radius 2 is 1.59 bits per heavy atom. The molecule has 2 heterocycles. The van der Waals surface area contributed by atoms with Gasteiger partial charge in [0.05, 0.1) is 22.8 Å². The van der Waals surface area contributed by atoms with Crippen molar-refractivity contribution in [2.75, 3.05) is 43.9 Å². The van der Waals surface area contributed by atoms with Gasteiger partial charge >= 0.3 is 0 Å². The molecule has 0 N–H and O–H groups in total. The number of hydrogen-bond donors (Lipinski definition) is 0. The van der Waals surface area contributed by atoms with E-state index in [0.29, 0.717) is 29.9 Å². The molecule has 2 aliphatic rings. The minimum Gasteiger partial charge on any atom is -0.340 e. The van der Waals surface area contributed by atoms with Crippen LogP contribution in [-0.4, -0.2) is 82.5 Å². The Morgan fingerprint density at radius 3 is 2.15 bits per heavy atom. The van der Waals surface area contributed by atoms with Gasteiger partial charge in [-0.15, -0.1) is 0 Å². The van der Waals surface area contributed by atoms with Crippen LogP contribution in [0.1, 0.15) is 56.1 Å². The van der Waals surface area contributed by atoms with Gasteiger partial charge in [0.2, 0.25) is 5.91 Å². The van der Waals surface area contributed by atoms with Crippen LogP contribution in [0.4, 0.5) is 0 Å². The van der Waals surface area contributed by atoms with E-state index in [9.17, 15) is 21.6 Å². The number of benzene rings is 2. The lowest BCUT2D eigenvalue weighted by atomic mass is 9.80. The second-order valence-corrected chi connectivity index (χ2v) is 15.5. The fourth-order valence-electron chi connectivity index (χ4n) is 6.23. The molecule has 0 radical (unpaired) electrons. The van der Waals surface area contributed by atoms with Crippen LogP contribution in [0.25, 0.3) is 0 Å². The van der Waals surface area contributed by atoms with Gasteiger partial charge in [-0.2, -0.15) is 0 Å². The third-order valence-corrected chi connectivity index (χ3v) is 11.4. The van der Waals surface area contributed by atoms with Crippen molar-refractivity contribution in [2.45, 2.75) is 62.3 Å². The summed E-state index contributed by atoms with van der Waals surface area (Å²) in [5.74, 6) is 1.44. The standard InChI is InChI=1S/C30H42N2O5S2/c1-3-32(30(33)23-24-9-11-28(12-10-24)38(2,34)35)27-13-18-31(19-14-27)20-15-29(25-7-5-4-6-8-25)26-16-21-39(36,37)22-17-26/h4-12,26-27,29H,3,13-23H2,1-2H3/t29-/m0/s1. The van der Waals surface area contributed by atoms with Crippen LogP contribution < -0.4 is 0 Å². The van der Waals surface area contributed by atoms with Gasteiger partial charge in [0.15, 0.2) is 9.84 Å². The summed E-state index contributed by atoms with van der Waals surface area (Å²) < 4.78 is 47.5. The van der Waals surface area contributed by atoms with E-state index in [0.717, 1.165) is 57.3 Å². The molecular formula is C30H42N2O5S2. The summed E-state index contributed by atoms with van der Waals surface area (Å²) in [7, 11) is -6.14. The molecule has 214 valence electrons. The van der Waals surface area contributed by atoms with Gasteiger partial charge in [-0.25, -0.2) is 16.8 Å². The Balaban J connectivity index is 1.30. The van der Waals surface area contributed by atoms with Crippen LogP contribution in [0.2, 0.25) is 0 Å². The highest BCUT2D eigenvalue weighted by molar-refractivity contribution is 7.91. The van der Waals surface area contributed by atoms with Crippen molar-refractivity contribution in [3.8, 4) is 0 Å². The fourth-order valence-corrected chi connectivity index (χ4v) is 8.39. The number of hydrogen-bond acceptors (Lipinski definition) is 6. The highest BCUT2D eigenvalue weighted by Crippen LogP contribution is 2.36. The largest absolute Gasteiger partial charge is 0.340 e. The number of carbonyl (C=O) groups is 1. The van der Waals surface area contributed by atoms with E-state index in [2.05, 4.69) is 29.2 Å². The Morgan fingerprint density at radius 1 is 0.974 bits per heavy atom. The van der Waals surface area contributed by atoms with Gasteiger partial charge < -0.3 is 9.80 Å². The van der Waals surface area contributed by atoms with Crippen LogP contribution in [0.5, 0.6) is 0 Å². The van der Waals surface area contributed by atoms with Gasteiger partial charge in [-0.1, -0.05) is 42.5 Å². The molecule has 2 aromatic carbocycles. The summed E-state index contributed by atoms with van der Waals surface area (Å²) in [4.78, 5) is 17.9. The zero-order chi connectivity index (χ0) is 28.0. The first-order valence-corrected chi connectivity index (χ1v) is 17.8. The molecule has 0 bridgehead atoms. The van der Waals surface area contributed by atoms with Crippen molar-refractivity contribution in [1.82, 2.24) is 9.80 Å². The Bertz CT molecular complexity index is 1290. The molecule has 1 atom stereocenters. The molecule has 2 aliphatic heterocycles. The maximum atomic E-state index is 13.2. The van der Waals surface area contributed by atoms with Gasteiger partial charge in [0.1, 0.15) is 9.84 Å². The molecule has 0 unspecified atom stereocenters. The van der Waals surface area contributed by atoms with E-state index in [-0.39, 0.29) is 23.3 Å².